The number of hydrogen-bond acceptors (Lipinski definition) is 6. The molecular formula is C13H20N4O2S. The number of nitrogens with two attached hydrogens (primary N) is 1. The van der Waals surface area contributed by atoms with E-state index in [1.807, 2.05) is 11.8 Å². The van der Waals surface area contributed by atoms with Crippen LogP contribution in [0.1, 0.15) is 25.0 Å². The summed E-state index contributed by atoms with van der Waals surface area (Å²) < 4.78 is 7.55. The van der Waals surface area contributed by atoms with Crippen molar-refractivity contribution in [2.45, 2.75) is 38.0 Å². The Bertz CT molecular complexity index is 484. The second-order valence-electron chi connectivity index (χ2n) is 5.60. The molecular weight excluding hydrogens is 276 g/mol. The molecule has 2 atom stereocenters. The van der Waals surface area contributed by atoms with Crippen LogP contribution in [0.15, 0.2) is 6.20 Å². The number of rotatable bonds is 4. The smallest absolute Gasteiger partial charge is 0.157 e. The third-order valence-electron chi connectivity index (χ3n) is 4.13. The second kappa shape index (κ2) is 5.83. The van der Waals surface area contributed by atoms with Gasteiger partial charge in [0.1, 0.15) is 6.54 Å². The second-order valence-corrected chi connectivity index (χ2v) is 6.71. The van der Waals surface area contributed by atoms with Crippen LogP contribution < -0.4 is 5.73 Å². The van der Waals surface area contributed by atoms with Crippen LogP contribution >= 0.6 is 11.8 Å². The van der Waals surface area contributed by atoms with Gasteiger partial charge in [-0.3, -0.25) is 4.79 Å². The Labute approximate surface area is 122 Å². The minimum absolute atomic E-state index is 0.0476. The molecule has 0 amide bonds. The predicted octanol–water partition coefficient (Wildman–Crippen LogP) is 0.608. The minimum Gasteiger partial charge on any atom is -0.374 e. The number of ether oxygens (including phenoxy) is 1. The molecule has 3 rings (SSSR count). The highest BCUT2D eigenvalue weighted by Gasteiger charge is 2.42. The van der Waals surface area contributed by atoms with Crippen LogP contribution in [0, 0.1) is 5.92 Å². The van der Waals surface area contributed by atoms with Crippen molar-refractivity contribution in [2.75, 3.05) is 18.1 Å². The Morgan fingerprint density at radius 2 is 2.55 bits per heavy atom. The number of ketones is 1. The van der Waals surface area contributed by atoms with Crippen LogP contribution in [0.5, 0.6) is 0 Å². The number of thioether (sulfide) groups is 1. The van der Waals surface area contributed by atoms with E-state index in [4.69, 9.17) is 10.5 Å². The van der Waals surface area contributed by atoms with Gasteiger partial charge < -0.3 is 10.5 Å². The number of Topliss-reactive ketones (excluding diaryl/α,β-unsaturated/α-hetero) is 1. The maximum Gasteiger partial charge on any atom is 0.157 e. The van der Waals surface area contributed by atoms with Crippen molar-refractivity contribution in [3.8, 4) is 0 Å². The lowest BCUT2D eigenvalue weighted by Gasteiger charge is -2.37. The summed E-state index contributed by atoms with van der Waals surface area (Å²) in [6.45, 7) is 1.34. The first-order valence-electron chi connectivity index (χ1n) is 7.04. The highest BCUT2D eigenvalue weighted by molar-refractivity contribution is 7.99. The molecule has 2 aliphatic rings. The van der Waals surface area contributed by atoms with Gasteiger partial charge in [0, 0.05) is 24.8 Å². The van der Waals surface area contributed by atoms with Crippen LogP contribution in [0.3, 0.4) is 0 Å². The van der Waals surface area contributed by atoms with E-state index >= 15 is 0 Å². The first-order valence-corrected chi connectivity index (χ1v) is 8.20. The van der Waals surface area contributed by atoms with E-state index in [1.54, 1.807) is 10.9 Å². The van der Waals surface area contributed by atoms with Crippen LogP contribution in [-0.2, 0) is 22.6 Å². The number of nitrogens with zero attached hydrogens (tertiary/aromatic N) is 3. The fourth-order valence-corrected chi connectivity index (χ4v) is 4.34. The summed E-state index contributed by atoms with van der Waals surface area (Å²) in [4.78, 5) is 12.4. The zero-order valence-electron chi connectivity index (χ0n) is 11.5. The standard InChI is InChI=1S/C13H20N4O2S/c14-6-11-7-17(16-15-11)8-12(18)10-1-3-19-13(5-10)2-4-20-9-13/h7,10H,1-6,8-9,14H2. The van der Waals surface area contributed by atoms with Crippen LogP contribution in [0.25, 0.3) is 0 Å². The quantitative estimate of drug-likeness (QED) is 0.876. The predicted molar refractivity (Wildman–Crippen MR) is 76.3 cm³/mol. The molecule has 6 nitrogen and oxygen atoms in total. The Morgan fingerprint density at radius 1 is 1.65 bits per heavy atom. The van der Waals surface area contributed by atoms with Crippen LogP contribution in [0.4, 0.5) is 0 Å². The summed E-state index contributed by atoms with van der Waals surface area (Å²) in [7, 11) is 0. The van der Waals surface area contributed by atoms with E-state index in [-0.39, 0.29) is 17.3 Å². The fourth-order valence-electron chi connectivity index (χ4n) is 2.96. The molecule has 2 fully saturated rings. The lowest BCUT2D eigenvalue weighted by atomic mass is 9.83. The van der Waals surface area contributed by atoms with Crippen molar-refractivity contribution in [1.82, 2.24) is 15.0 Å². The summed E-state index contributed by atoms with van der Waals surface area (Å²) in [5.74, 6) is 2.49. The van der Waals surface area contributed by atoms with Crippen molar-refractivity contribution >= 4 is 17.5 Å². The van der Waals surface area contributed by atoms with Gasteiger partial charge in [-0.1, -0.05) is 5.21 Å². The average molecular weight is 296 g/mol. The molecule has 3 heterocycles. The SMILES string of the molecule is NCc1cn(CC(=O)C2CCOC3(CCSC3)C2)nn1. The number of aromatic nitrogens is 3. The van der Waals surface area contributed by atoms with Gasteiger partial charge in [-0.25, -0.2) is 4.68 Å². The molecule has 7 heteroatoms. The zero-order valence-corrected chi connectivity index (χ0v) is 12.3. The van der Waals surface area contributed by atoms with Gasteiger partial charge in [0.2, 0.25) is 0 Å². The van der Waals surface area contributed by atoms with Gasteiger partial charge in [-0.15, -0.1) is 5.10 Å². The van der Waals surface area contributed by atoms with E-state index in [1.165, 1.54) is 0 Å². The van der Waals surface area contributed by atoms with E-state index in [0.29, 0.717) is 25.4 Å². The summed E-state index contributed by atoms with van der Waals surface area (Å²) in [5.41, 5.74) is 6.16. The minimum atomic E-state index is -0.0476. The molecule has 2 N–H and O–H groups in total. The topological polar surface area (TPSA) is 83.0 Å². The van der Waals surface area contributed by atoms with E-state index < -0.39 is 0 Å². The lowest BCUT2D eigenvalue weighted by Crippen LogP contribution is -2.42. The maximum atomic E-state index is 12.4. The Hall–Kier alpha value is -0.920. The number of carbonyl (C=O) groups excluding carboxylic acids is 1. The summed E-state index contributed by atoms with van der Waals surface area (Å²) in [5, 5.41) is 7.85. The number of hydrogen-bond donors (Lipinski definition) is 1. The van der Waals surface area contributed by atoms with Crippen molar-refractivity contribution in [2.24, 2.45) is 11.7 Å². The molecule has 2 saturated heterocycles. The Kier molecular flexibility index (Phi) is 4.09. The third kappa shape index (κ3) is 2.89. The normalized spacial score (nSPS) is 29.9. The van der Waals surface area contributed by atoms with Crippen molar-refractivity contribution < 1.29 is 9.53 Å². The Balaban J connectivity index is 1.61. The van der Waals surface area contributed by atoms with Gasteiger partial charge in [0.15, 0.2) is 5.78 Å². The molecule has 0 radical (unpaired) electrons. The third-order valence-corrected chi connectivity index (χ3v) is 5.35. The molecule has 0 aliphatic carbocycles. The largest absolute Gasteiger partial charge is 0.374 e. The van der Waals surface area contributed by atoms with E-state index in [9.17, 15) is 4.79 Å². The Morgan fingerprint density at radius 3 is 3.25 bits per heavy atom. The molecule has 2 aliphatic heterocycles. The molecule has 2 unspecified atom stereocenters. The average Bonchev–Trinajstić information content (AvgIpc) is 3.09. The van der Waals surface area contributed by atoms with Gasteiger partial charge in [0.25, 0.3) is 0 Å². The van der Waals surface area contributed by atoms with Gasteiger partial charge in [-0.2, -0.15) is 11.8 Å². The van der Waals surface area contributed by atoms with Crippen LogP contribution in [-0.4, -0.2) is 44.5 Å². The van der Waals surface area contributed by atoms with Crippen molar-refractivity contribution in [3.05, 3.63) is 11.9 Å². The van der Waals surface area contributed by atoms with E-state index in [0.717, 1.165) is 30.8 Å². The molecule has 1 aromatic rings. The summed E-state index contributed by atoms with van der Waals surface area (Å²) in [6.07, 6.45) is 4.50. The molecule has 0 aromatic carbocycles. The first-order chi connectivity index (χ1) is 9.71. The highest BCUT2D eigenvalue weighted by atomic mass is 32.2. The van der Waals surface area contributed by atoms with Crippen LogP contribution in [0.2, 0.25) is 0 Å². The molecule has 110 valence electrons. The maximum absolute atomic E-state index is 12.4. The number of carbonyl (C=O) groups is 1. The monoisotopic (exact) mass is 296 g/mol. The molecule has 1 aromatic heterocycles. The van der Waals surface area contributed by atoms with Gasteiger partial charge >= 0.3 is 0 Å². The molecule has 0 saturated carbocycles. The highest BCUT2D eigenvalue weighted by Crippen LogP contribution is 2.40. The van der Waals surface area contributed by atoms with Gasteiger partial charge in [-0.05, 0) is 25.0 Å². The molecule has 1 spiro atoms. The van der Waals surface area contributed by atoms with Gasteiger partial charge in [0.05, 0.1) is 17.5 Å². The summed E-state index contributed by atoms with van der Waals surface area (Å²) >= 11 is 1.93. The van der Waals surface area contributed by atoms with Crippen molar-refractivity contribution in [3.63, 3.8) is 0 Å². The first kappa shape index (κ1) is 14.0. The molecule has 0 bridgehead atoms. The zero-order chi connectivity index (χ0) is 14.0. The summed E-state index contributed by atoms with van der Waals surface area (Å²) in [6, 6.07) is 0. The van der Waals surface area contributed by atoms with E-state index in [2.05, 4.69) is 10.3 Å². The fraction of sp³-hybridized carbons (Fsp3) is 0.769. The van der Waals surface area contributed by atoms with Crippen molar-refractivity contribution in [1.29, 1.82) is 0 Å². The lowest BCUT2D eigenvalue weighted by molar-refractivity contribution is -0.134. The molecule has 20 heavy (non-hydrogen) atoms.